The molecule has 1 unspecified atom stereocenters. The Morgan fingerprint density at radius 1 is 1.54 bits per heavy atom. The third-order valence-electron chi connectivity index (χ3n) is 1.87. The van der Waals surface area contributed by atoms with E-state index < -0.39 is 0 Å². The molecular weight excluding hydrogens is 164 g/mol. The standard InChI is InChI=1S/C10H20N2O/c1-5-10(2)11-6-7-12(3)8-9-13-4/h1,10-11H,6-9H2,2-4H3. The smallest absolute Gasteiger partial charge is 0.0658 e. The monoisotopic (exact) mass is 184 g/mol. The third kappa shape index (κ3) is 7.79. The second-order valence-corrected chi connectivity index (χ2v) is 3.14. The molecule has 0 spiro atoms. The Bertz CT molecular complexity index is 153. The zero-order valence-electron chi connectivity index (χ0n) is 8.84. The lowest BCUT2D eigenvalue weighted by molar-refractivity contribution is 0.161. The van der Waals surface area contributed by atoms with Gasteiger partial charge in [0.05, 0.1) is 12.6 Å². The van der Waals surface area contributed by atoms with Crippen LogP contribution >= 0.6 is 0 Å². The van der Waals surface area contributed by atoms with Crippen molar-refractivity contribution < 1.29 is 4.74 Å². The van der Waals surface area contributed by atoms with E-state index in [4.69, 9.17) is 11.2 Å². The van der Waals surface area contributed by atoms with E-state index in [1.807, 2.05) is 6.92 Å². The summed E-state index contributed by atoms with van der Waals surface area (Å²) in [6.07, 6.45) is 5.22. The molecule has 0 rings (SSSR count). The first-order valence-corrected chi connectivity index (χ1v) is 4.57. The van der Waals surface area contributed by atoms with Crippen molar-refractivity contribution >= 4 is 0 Å². The summed E-state index contributed by atoms with van der Waals surface area (Å²) in [4.78, 5) is 2.21. The molecule has 1 atom stereocenters. The molecule has 0 heterocycles. The zero-order valence-corrected chi connectivity index (χ0v) is 8.84. The summed E-state index contributed by atoms with van der Waals surface area (Å²) >= 11 is 0. The number of nitrogens with zero attached hydrogens (tertiary/aromatic N) is 1. The minimum atomic E-state index is 0.163. The second-order valence-electron chi connectivity index (χ2n) is 3.14. The lowest BCUT2D eigenvalue weighted by Crippen LogP contribution is -2.34. The van der Waals surface area contributed by atoms with Crippen LogP contribution in [0.1, 0.15) is 6.92 Å². The Balaban J connectivity index is 3.27. The van der Waals surface area contributed by atoms with Crippen molar-refractivity contribution in [2.45, 2.75) is 13.0 Å². The van der Waals surface area contributed by atoms with Crippen LogP contribution in [0.25, 0.3) is 0 Å². The molecule has 3 heteroatoms. The van der Waals surface area contributed by atoms with E-state index in [-0.39, 0.29) is 6.04 Å². The maximum Gasteiger partial charge on any atom is 0.0658 e. The van der Waals surface area contributed by atoms with Gasteiger partial charge in [0.25, 0.3) is 0 Å². The molecule has 0 saturated heterocycles. The molecule has 0 aliphatic carbocycles. The largest absolute Gasteiger partial charge is 0.383 e. The highest BCUT2D eigenvalue weighted by atomic mass is 16.5. The molecule has 13 heavy (non-hydrogen) atoms. The van der Waals surface area contributed by atoms with Crippen LogP contribution in [0, 0.1) is 12.3 Å². The molecule has 1 N–H and O–H groups in total. The normalized spacial score (nSPS) is 12.8. The van der Waals surface area contributed by atoms with Gasteiger partial charge < -0.3 is 15.0 Å². The van der Waals surface area contributed by atoms with E-state index in [0.717, 1.165) is 26.2 Å². The number of hydrogen-bond donors (Lipinski definition) is 1. The van der Waals surface area contributed by atoms with Crippen LogP contribution in [0.2, 0.25) is 0 Å². The molecule has 0 aromatic carbocycles. The Labute approximate surface area is 81.4 Å². The van der Waals surface area contributed by atoms with E-state index in [0.29, 0.717) is 0 Å². The summed E-state index contributed by atoms with van der Waals surface area (Å²) in [5.74, 6) is 2.63. The quantitative estimate of drug-likeness (QED) is 0.571. The summed E-state index contributed by atoms with van der Waals surface area (Å²) in [6, 6.07) is 0.163. The van der Waals surface area contributed by atoms with Gasteiger partial charge >= 0.3 is 0 Å². The molecule has 0 aliphatic heterocycles. The van der Waals surface area contributed by atoms with Crippen molar-refractivity contribution in [2.24, 2.45) is 0 Å². The molecule has 0 fully saturated rings. The van der Waals surface area contributed by atoms with Crippen LogP contribution in [0.3, 0.4) is 0 Å². The van der Waals surface area contributed by atoms with Crippen LogP contribution in [0.15, 0.2) is 0 Å². The summed E-state index contributed by atoms with van der Waals surface area (Å²) in [5, 5.41) is 3.22. The fourth-order valence-corrected chi connectivity index (χ4v) is 0.890. The van der Waals surface area contributed by atoms with Crippen LogP contribution in [-0.4, -0.2) is 51.3 Å². The summed E-state index contributed by atoms with van der Waals surface area (Å²) in [6.45, 7) is 5.64. The third-order valence-corrected chi connectivity index (χ3v) is 1.87. The number of ether oxygens (including phenoxy) is 1. The summed E-state index contributed by atoms with van der Waals surface area (Å²) < 4.78 is 4.97. The Morgan fingerprint density at radius 2 is 2.23 bits per heavy atom. The first-order valence-electron chi connectivity index (χ1n) is 4.57. The topological polar surface area (TPSA) is 24.5 Å². The number of likely N-dealkylation sites (N-methyl/N-ethyl adjacent to an activating group) is 1. The van der Waals surface area contributed by atoms with E-state index in [2.05, 4.69) is 23.2 Å². The predicted molar refractivity (Wildman–Crippen MR) is 55.7 cm³/mol. The highest BCUT2D eigenvalue weighted by molar-refractivity contribution is 4.95. The zero-order chi connectivity index (χ0) is 10.1. The fraction of sp³-hybridized carbons (Fsp3) is 0.800. The first-order chi connectivity index (χ1) is 6.20. The molecule has 0 saturated carbocycles. The molecule has 3 nitrogen and oxygen atoms in total. The Hall–Kier alpha value is -0.560. The number of rotatable bonds is 7. The highest BCUT2D eigenvalue weighted by Crippen LogP contribution is 1.82. The van der Waals surface area contributed by atoms with E-state index >= 15 is 0 Å². The number of hydrogen-bond acceptors (Lipinski definition) is 3. The second kappa shape index (κ2) is 8.06. The van der Waals surface area contributed by atoms with Crippen LogP contribution in [0.4, 0.5) is 0 Å². The van der Waals surface area contributed by atoms with Gasteiger partial charge in [-0.2, -0.15) is 0 Å². The molecule has 0 aliphatic rings. The van der Waals surface area contributed by atoms with Gasteiger partial charge in [0.1, 0.15) is 0 Å². The van der Waals surface area contributed by atoms with E-state index in [9.17, 15) is 0 Å². The van der Waals surface area contributed by atoms with Gasteiger partial charge in [0.2, 0.25) is 0 Å². The van der Waals surface area contributed by atoms with Crippen molar-refractivity contribution in [3.05, 3.63) is 0 Å². The molecule has 76 valence electrons. The van der Waals surface area contributed by atoms with Crippen molar-refractivity contribution in [1.82, 2.24) is 10.2 Å². The first kappa shape index (κ1) is 12.4. The van der Waals surface area contributed by atoms with Crippen LogP contribution < -0.4 is 5.32 Å². The number of nitrogens with one attached hydrogen (secondary N) is 1. The highest BCUT2D eigenvalue weighted by Gasteiger charge is 1.98. The van der Waals surface area contributed by atoms with Crippen molar-refractivity contribution in [3.8, 4) is 12.3 Å². The van der Waals surface area contributed by atoms with Gasteiger partial charge in [-0.15, -0.1) is 6.42 Å². The summed E-state index contributed by atoms with van der Waals surface area (Å²) in [5.41, 5.74) is 0. The lowest BCUT2D eigenvalue weighted by Gasteiger charge is -2.16. The molecular formula is C10H20N2O. The predicted octanol–water partition coefficient (Wildman–Crippen LogP) is 0.176. The number of methoxy groups -OCH3 is 1. The fourth-order valence-electron chi connectivity index (χ4n) is 0.890. The Morgan fingerprint density at radius 3 is 2.77 bits per heavy atom. The van der Waals surface area contributed by atoms with Crippen LogP contribution in [-0.2, 0) is 4.74 Å². The van der Waals surface area contributed by atoms with Gasteiger partial charge in [-0.25, -0.2) is 0 Å². The maximum atomic E-state index is 5.22. The molecule has 0 radical (unpaired) electrons. The van der Waals surface area contributed by atoms with Gasteiger partial charge in [-0.3, -0.25) is 0 Å². The van der Waals surface area contributed by atoms with Crippen molar-refractivity contribution in [3.63, 3.8) is 0 Å². The lowest BCUT2D eigenvalue weighted by atomic mass is 10.3. The van der Waals surface area contributed by atoms with E-state index in [1.54, 1.807) is 7.11 Å². The minimum Gasteiger partial charge on any atom is -0.383 e. The summed E-state index contributed by atoms with van der Waals surface area (Å²) in [7, 11) is 3.79. The molecule has 0 aromatic rings. The van der Waals surface area contributed by atoms with Crippen LogP contribution in [0.5, 0.6) is 0 Å². The Kier molecular flexibility index (Phi) is 7.71. The SMILES string of the molecule is C#CC(C)NCCN(C)CCOC. The van der Waals surface area contributed by atoms with Gasteiger partial charge in [0.15, 0.2) is 0 Å². The van der Waals surface area contributed by atoms with Gasteiger partial charge in [-0.1, -0.05) is 5.92 Å². The molecule has 0 bridgehead atoms. The van der Waals surface area contributed by atoms with Gasteiger partial charge in [-0.05, 0) is 14.0 Å². The van der Waals surface area contributed by atoms with Gasteiger partial charge in [0, 0.05) is 26.7 Å². The van der Waals surface area contributed by atoms with E-state index in [1.165, 1.54) is 0 Å². The minimum absolute atomic E-state index is 0.163. The average Bonchev–Trinajstić information content (AvgIpc) is 2.14. The van der Waals surface area contributed by atoms with Crippen molar-refractivity contribution in [2.75, 3.05) is 40.4 Å². The van der Waals surface area contributed by atoms with Crippen molar-refractivity contribution in [1.29, 1.82) is 0 Å². The molecule has 0 amide bonds. The average molecular weight is 184 g/mol. The molecule has 0 aromatic heterocycles. The maximum absolute atomic E-state index is 5.22. The number of terminal acetylenes is 1.